The van der Waals surface area contributed by atoms with Crippen LogP contribution in [0.5, 0.6) is 0 Å². The molecule has 2 aromatic heterocycles. The van der Waals surface area contributed by atoms with E-state index >= 15 is 0 Å². The number of carbonyl (C=O) groups is 1. The van der Waals surface area contributed by atoms with Gasteiger partial charge >= 0.3 is 0 Å². The van der Waals surface area contributed by atoms with Crippen LogP contribution in [0.15, 0.2) is 48.8 Å². The van der Waals surface area contributed by atoms with Crippen LogP contribution in [0.2, 0.25) is 0 Å². The highest BCUT2D eigenvalue weighted by atomic mass is 16.2. The molecule has 2 heterocycles. The molecule has 0 aliphatic heterocycles. The van der Waals surface area contributed by atoms with Crippen molar-refractivity contribution < 1.29 is 4.79 Å². The van der Waals surface area contributed by atoms with Gasteiger partial charge in [-0.25, -0.2) is 0 Å². The first-order valence-electron chi connectivity index (χ1n) is 5.11. The minimum atomic E-state index is -0.207. The molecule has 5 nitrogen and oxygen atoms in total. The Morgan fingerprint density at radius 1 is 1.06 bits per heavy atom. The second kappa shape index (κ2) is 3.79. The van der Waals surface area contributed by atoms with Crippen molar-refractivity contribution in [3.8, 4) is 0 Å². The Balaban J connectivity index is 2.14. The molecule has 0 amide bonds. The molecule has 0 bridgehead atoms. The quantitative estimate of drug-likeness (QED) is 0.628. The van der Waals surface area contributed by atoms with Gasteiger partial charge in [0.2, 0.25) is 0 Å². The van der Waals surface area contributed by atoms with Gasteiger partial charge in [-0.15, -0.1) is 5.10 Å². The number of hydrogen-bond acceptors (Lipinski definition) is 4. The molecule has 0 atom stereocenters. The third-order valence-electron chi connectivity index (χ3n) is 2.47. The molecule has 0 N–H and O–H groups in total. The molecular formula is C12H8N4O. The van der Waals surface area contributed by atoms with E-state index in [4.69, 9.17) is 0 Å². The number of rotatable bonds is 1. The van der Waals surface area contributed by atoms with Gasteiger partial charge < -0.3 is 0 Å². The van der Waals surface area contributed by atoms with E-state index in [1.807, 2.05) is 24.3 Å². The van der Waals surface area contributed by atoms with E-state index in [2.05, 4.69) is 15.3 Å². The van der Waals surface area contributed by atoms with Crippen LogP contribution in [-0.2, 0) is 0 Å². The molecule has 0 saturated carbocycles. The summed E-state index contributed by atoms with van der Waals surface area (Å²) in [6, 6.07) is 10.6. The van der Waals surface area contributed by atoms with Gasteiger partial charge in [0.05, 0.1) is 5.52 Å². The Bertz CT molecular complexity index is 675. The van der Waals surface area contributed by atoms with Crippen molar-refractivity contribution >= 4 is 16.9 Å². The average molecular weight is 224 g/mol. The molecule has 0 radical (unpaired) electrons. The molecule has 0 saturated heterocycles. The van der Waals surface area contributed by atoms with Crippen molar-refractivity contribution in [1.82, 2.24) is 20.0 Å². The lowest BCUT2D eigenvalue weighted by atomic mass is 10.2. The Labute approximate surface area is 96.7 Å². The van der Waals surface area contributed by atoms with Crippen molar-refractivity contribution in [3.05, 3.63) is 54.4 Å². The van der Waals surface area contributed by atoms with Gasteiger partial charge in [-0.3, -0.25) is 9.78 Å². The third kappa shape index (κ3) is 1.57. The van der Waals surface area contributed by atoms with E-state index in [1.165, 1.54) is 4.68 Å². The average Bonchev–Trinajstić information content (AvgIpc) is 2.83. The lowest BCUT2D eigenvalue weighted by Crippen LogP contribution is -2.13. The fourth-order valence-electron chi connectivity index (χ4n) is 1.64. The zero-order chi connectivity index (χ0) is 11.7. The Morgan fingerprint density at radius 2 is 1.82 bits per heavy atom. The van der Waals surface area contributed by atoms with Gasteiger partial charge in [-0.05, 0) is 24.3 Å². The summed E-state index contributed by atoms with van der Waals surface area (Å²) in [5.41, 5.74) is 1.94. The first kappa shape index (κ1) is 9.65. The van der Waals surface area contributed by atoms with Crippen molar-refractivity contribution in [2.75, 3.05) is 0 Å². The summed E-state index contributed by atoms with van der Waals surface area (Å²) < 4.78 is 1.30. The van der Waals surface area contributed by atoms with E-state index in [-0.39, 0.29) is 5.91 Å². The number of para-hydroxylation sites is 1. The fourth-order valence-corrected chi connectivity index (χ4v) is 1.64. The van der Waals surface area contributed by atoms with Crippen LogP contribution >= 0.6 is 0 Å². The molecule has 0 unspecified atom stereocenters. The molecule has 5 heteroatoms. The Kier molecular flexibility index (Phi) is 2.15. The fraction of sp³-hybridized carbons (Fsp3) is 0. The van der Waals surface area contributed by atoms with Crippen LogP contribution in [0.1, 0.15) is 10.4 Å². The molecule has 3 aromatic rings. The van der Waals surface area contributed by atoms with Gasteiger partial charge in [-0.2, -0.15) is 4.68 Å². The van der Waals surface area contributed by atoms with Gasteiger partial charge in [0.25, 0.3) is 5.91 Å². The lowest BCUT2D eigenvalue weighted by molar-refractivity contribution is 0.0948. The van der Waals surface area contributed by atoms with Crippen LogP contribution < -0.4 is 0 Å². The Hall–Kier alpha value is -2.56. The molecule has 1 aromatic carbocycles. The summed E-state index contributed by atoms with van der Waals surface area (Å²) >= 11 is 0. The first-order valence-corrected chi connectivity index (χ1v) is 5.11. The summed E-state index contributed by atoms with van der Waals surface area (Å²) in [6.07, 6.45) is 3.15. The third-order valence-corrected chi connectivity index (χ3v) is 2.47. The second-order valence-corrected chi connectivity index (χ2v) is 3.53. The number of pyridine rings is 1. The maximum absolute atomic E-state index is 12.2. The monoisotopic (exact) mass is 224 g/mol. The van der Waals surface area contributed by atoms with Crippen molar-refractivity contribution in [3.63, 3.8) is 0 Å². The molecule has 0 fully saturated rings. The van der Waals surface area contributed by atoms with Crippen LogP contribution in [0.4, 0.5) is 0 Å². The maximum Gasteiger partial charge on any atom is 0.280 e. The summed E-state index contributed by atoms with van der Waals surface area (Å²) in [5, 5.41) is 7.81. The Morgan fingerprint density at radius 3 is 2.65 bits per heavy atom. The van der Waals surface area contributed by atoms with E-state index in [9.17, 15) is 4.79 Å². The van der Waals surface area contributed by atoms with Gasteiger partial charge in [0, 0.05) is 18.0 Å². The molecule has 0 aliphatic carbocycles. The number of hydrogen-bond donors (Lipinski definition) is 0. The maximum atomic E-state index is 12.2. The summed E-state index contributed by atoms with van der Waals surface area (Å²) in [5.74, 6) is -0.207. The molecule has 17 heavy (non-hydrogen) atoms. The van der Waals surface area contributed by atoms with E-state index < -0.39 is 0 Å². The van der Waals surface area contributed by atoms with Crippen LogP contribution in [0, 0.1) is 0 Å². The van der Waals surface area contributed by atoms with Crippen molar-refractivity contribution in [2.24, 2.45) is 0 Å². The highest BCUT2D eigenvalue weighted by Gasteiger charge is 2.12. The zero-order valence-electron chi connectivity index (χ0n) is 8.82. The van der Waals surface area contributed by atoms with Crippen LogP contribution in [0.3, 0.4) is 0 Å². The number of fused-ring (bicyclic) bond motifs is 1. The lowest BCUT2D eigenvalue weighted by Gasteiger charge is -1.99. The van der Waals surface area contributed by atoms with Crippen LogP contribution in [-0.4, -0.2) is 25.9 Å². The highest BCUT2D eigenvalue weighted by molar-refractivity contribution is 5.99. The van der Waals surface area contributed by atoms with Crippen molar-refractivity contribution in [1.29, 1.82) is 0 Å². The molecule has 0 aliphatic rings. The van der Waals surface area contributed by atoms with E-state index in [0.29, 0.717) is 16.6 Å². The smallest absolute Gasteiger partial charge is 0.267 e. The van der Waals surface area contributed by atoms with Crippen molar-refractivity contribution in [2.45, 2.75) is 0 Å². The molecule has 0 spiro atoms. The number of benzene rings is 1. The van der Waals surface area contributed by atoms with Gasteiger partial charge in [0.1, 0.15) is 5.52 Å². The largest absolute Gasteiger partial charge is 0.280 e. The normalized spacial score (nSPS) is 10.6. The minimum Gasteiger partial charge on any atom is -0.267 e. The molecule has 3 rings (SSSR count). The summed E-state index contributed by atoms with van der Waals surface area (Å²) in [4.78, 5) is 16.0. The molecular weight excluding hydrogens is 216 g/mol. The van der Waals surface area contributed by atoms with Crippen LogP contribution in [0.25, 0.3) is 11.0 Å². The van der Waals surface area contributed by atoms with E-state index in [0.717, 1.165) is 0 Å². The van der Waals surface area contributed by atoms with E-state index in [1.54, 1.807) is 24.5 Å². The van der Waals surface area contributed by atoms with Gasteiger partial charge in [-0.1, -0.05) is 17.3 Å². The number of nitrogens with zero attached hydrogens (tertiary/aromatic N) is 4. The van der Waals surface area contributed by atoms with Gasteiger partial charge in [0.15, 0.2) is 0 Å². The first-order chi connectivity index (χ1) is 8.36. The number of carbonyl (C=O) groups excluding carboxylic acids is 1. The topological polar surface area (TPSA) is 60.7 Å². The minimum absolute atomic E-state index is 0.207. The second-order valence-electron chi connectivity index (χ2n) is 3.53. The number of aromatic nitrogens is 4. The summed E-state index contributed by atoms with van der Waals surface area (Å²) in [6.45, 7) is 0. The highest BCUT2D eigenvalue weighted by Crippen LogP contribution is 2.11. The predicted molar refractivity (Wildman–Crippen MR) is 61.5 cm³/mol. The molecule has 82 valence electrons. The SMILES string of the molecule is O=C(c1ccncc1)n1nnc2ccccc21. The standard InChI is InChI=1S/C12H8N4O/c17-12(9-5-7-13-8-6-9)16-11-4-2-1-3-10(11)14-15-16/h1-8H. The summed E-state index contributed by atoms with van der Waals surface area (Å²) in [7, 11) is 0. The predicted octanol–water partition coefficient (Wildman–Crippen LogP) is 1.51. The zero-order valence-corrected chi connectivity index (χ0v) is 8.82.